The first-order chi connectivity index (χ1) is 28.4. The van der Waals surface area contributed by atoms with Crippen molar-refractivity contribution >= 4 is 18.9 Å². The molecule has 13 heteroatoms. The molecule has 0 bridgehead atoms. The second-order valence-electron chi connectivity index (χ2n) is 20.8. The first-order valence-corrected chi connectivity index (χ1v) is 26.4. The molecule has 2 spiro atoms. The van der Waals surface area contributed by atoms with Gasteiger partial charge in [0.25, 0.3) is 0 Å². The second kappa shape index (κ2) is 20.2. The number of carbonyl (C=O) groups excluding carboxylic acids is 2. The van der Waals surface area contributed by atoms with E-state index in [4.69, 9.17) is 28.2 Å². The molecule has 3 N–H and O–H groups in total. The standard InChI is InChI=1S/C48H83O12P/c1-13-35(37(49)18-16-15-17-27-55-61(11,12)54)38-20-19-29(3)43(57-38)33(7)41(51)32(6)42(52)36(14-2)44-30(4)28-31(5)47(58-44)24-21-39(50)48(60-47)26-25-46(10,59-48)40-22-23-45(9,53)34(8)56-40/h21,24,29-36,38-41,43-44,50-51,53H,13-20,22-23,25-28H2,1-12H3/t29-,30-,31+,32-,33-,34-,35+,36-,38+,39+,40+,41+,43+,44-,45+,46-,47-,48-/m0/s1. The van der Waals surface area contributed by atoms with E-state index in [-0.39, 0.29) is 65.6 Å². The van der Waals surface area contributed by atoms with Crippen molar-refractivity contribution in [2.45, 2.75) is 218 Å². The van der Waals surface area contributed by atoms with Crippen LogP contribution < -0.4 is 0 Å². The van der Waals surface area contributed by atoms with Crippen LogP contribution >= 0.6 is 7.37 Å². The number of hydrogen-bond acceptors (Lipinski definition) is 12. The molecular formula is C48H83O12P. The molecule has 5 heterocycles. The van der Waals surface area contributed by atoms with Crippen LogP contribution in [-0.4, -0.2) is 112 Å². The fraction of sp³-hybridized carbons (Fsp3) is 0.917. The van der Waals surface area contributed by atoms with E-state index in [2.05, 4.69) is 20.8 Å². The first kappa shape index (κ1) is 50.9. The van der Waals surface area contributed by atoms with Crippen molar-refractivity contribution in [2.75, 3.05) is 19.9 Å². The molecule has 0 unspecified atom stereocenters. The molecule has 5 rings (SSSR count). The van der Waals surface area contributed by atoms with Gasteiger partial charge in [0.2, 0.25) is 5.79 Å². The minimum atomic E-state index is -2.50. The number of aliphatic hydroxyl groups is 3. The van der Waals surface area contributed by atoms with Gasteiger partial charge in [0.15, 0.2) is 13.2 Å². The zero-order valence-electron chi connectivity index (χ0n) is 39.6. The summed E-state index contributed by atoms with van der Waals surface area (Å²) in [7, 11) is -2.50. The molecule has 61 heavy (non-hydrogen) atoms. The highest BCUT2D eigenvalue weighted by atomic mass is 31.2. The smallest absolute Gasteiger partial charge is 0.202 e. The van der Waals surface area contributed by atoms with Gasteiger partial charge in [0.05, 0.1) is 54.4 Å². The van der Waals surface area contributed by atoms with Crippen molar-refractivity contribution < 1.29 is 57.7 Å². The van der Waals surface area contributed by atoms with E-state index >= 15 is 0 Å². The molecule has 0 saturated carbocycles. The Kier molecular flexibility index (Phi) is 16.9. The van der Waals surface area contributed by atoms with Crippen LogP contribution in [0.3, 0.4) is 0 Å². The van der Waals surface area contributed by atoms with Crippen molar-refractivity contribution in [3.8, 4) is 0 Å². The van der Waals surface area contributed by atoms with E-state index in [0.29, 0.717) is 51.6 Å². The largest absolute Gasteiger partial charge is 0.392 e. The maximum absolute atomic E-state index is 14.6. The topological polar surface area (TPSA) is 167 Å². The molecule has 5 aliphatic rings. The van der Waals surface area contributed by atoms with Gasteiger partial charge < -0.3 is 43.5 Å². The summed E-state index contributed by atoms with van der Waals surface area (Å²) in [5.74, 6) is -4.22. The molecule has 0 amide bonds. The zero-order valence-corrected chi connectivity index (χ0v) is 40.5. The maximum atomic E-state index is 14.6. The molecule has 0 aromatic rings. The summed E-state index contributed by atoms with van der Waals surface area (Å²) in [6.07, 6.45) is 8.36. The van der Waals surface area contributed by atoms with E-state index in [0.717, 1.165) is 38.5 Å². The Balaban J connectivity index is 1.23. The summed E-state index contributed by atoms with van der Waals surface area (Å²) >= 11 is 0. The number of unbranched alkanes of at least 4 members (excludes halogenated alkanes) is 2. The lowest BCUT2D eigenvalue weighted by Crippen LogP contribution is -2.63. The third-order valence-electron chi connectivity index (χ3n) is 15.6. The third-order valence-corrected chi connectivity index (χ3v) is 16.4. The summed E-state index contributed by atoms with van der Waals surface area (Å²) in [5.41, 5.74) is -1.68. The van der Waals surface area contributed by atoms with E-state index in [1.807, 2.05) is 41.5 Å². The number of carbonyl (C=O) groups is 2. The zero-order chi connectivity index (χ0) is 45.3. The fourth-order valence-electron chi connectivity index (χ4n) is 11.2. The van der Waals surface area contributed by atoms with Crippen LogP contribution in [0.15, 0.2) is 12.2 Å². The number of ketones is 2. The molecule has 0 aromatic heterocycles. The molecule has 0 aliphatic carbocycles. The predicted molar refractivity (Wildman–Crippen MR) is 235 cm³/mol. The van der Waals surface area contributed by atoms with Gasteiger partial charge in [0, 0.05) is 55.8 Å². The monoisotopic (exact) mass is 883 g/mol. The number of ether oxygens (including phenoxy) is 5. The maximum Gasteiger partial charge on any atom is 0.202 e. The van der Waals surface area contributed by atoms with E-state index in [9.17, 15) is 29.5 Å². The van der Waals surface area contributed by atoms with Crippen molar-refractivity contribution in [2.24, 2.45) is 41.4 Å². The molecule has 18 atom stereocenters. The number of Topliss-reactive ketones (excluding diaryl/α,β-unsaturated/α-hetero) is 2. The highest BCUT2D eigenvalue weighted by molar-refractivity contribution is 7.57. The van der Waals surface area contributed by atoms with Crippen LogP contribution in [0.4, 0.5) is 0 Å². The van der Waals surface area contributed by atoms with Crippen LogP contribution in [-0.2, 0) is 42.4 Å². The average molecular weight is 883 g/mol. The van der Waals surface area contributed by atoms with Crippen molar-refractivity contribution in [3.05, 3.63) is 12.2 Å². The summed E-state index contributed by atoms with van der Waals surface area (Å²) < 4.78 is 51.1. The quantitative estimate of drug-likeness (QED) is 0.0685. The molecule has 12 nitrogen and oxygen atoms in total. The Morgan fingerprint density at radius 1 is 0.885 bits per heavy atom. The van der Waals surface area contributed by atoms with Crippen LogP contribution in [0.5, 0.6) is 0 Å². The highest BCUT2D eigenvalue weighted by Crippen LogP contribution is 2.54. The second-order valence-corrected chi connectivity index (χ2v) is 23.6. The number of hydrogen-bond donors (Lipinski definition) is 3. The molecule has 0 radical (unpaired) electrons. The first-order valence-electron chi connectivity index (χ1n) is 23.9. The van der Waals surface area contributed by atoms with Crippen LogP contribution in [0, 0.1) is 41.4 Å². The lowest BCUT2D eigenvalue weighted by atomic mass is 9.72. The van der Waals surface area contributed by atoms with Gasteiger partial charge in [-0.15, -0.1) is 0 Å². The Morgan fingerprint density at radius 3 is 2.21 bits per heavy atom. The lowest BCUT2D eigenvalue weighted by Gasteiger charge is -2.54. The Labute approximate surface area is 367 Å². The van der Waals surface area contributed by atoms with E-state index < -0.39 is 60.3 Å². The third kappa shape index (κ3) is 11.3. The highest BCUT2D eigenvalue weighted by Gasteiger charge is 2.63. The summed E-state index contributed by atoms with van der Waals surface area (Å²) in [4.78, 5) is 28.1. The normalized spacial score (nSPS) is 42.0. The van der Waals surface area contributed by atoms with E-state index in [1.165, 1.54) is 0 Å². The SMILES string of the molecule is CC[C@H](C(=O)CCCCCOP(C)(C)=O)[C@H]1CC[C@H](C)[C@H]([C@@H](C)[C@H](O)[C@H](C)C(=O)[C@H](CC)[C@H]2O[C@]3(C=C[C@@H](O)[C@]4(CC[C@@](C)([C@H]5CC[C@@](C)(O)[C@H](C)O5)O4)O3)[C@H](C)C[C@@H]2C)O1. The molecular weight excluding hydrogens is 799 g/mol. The van der Waals surface area contributed by atoms with Gasteiger partial charge in [-0.25, -0.2) is 0 Å². The van der Waals surface area contributed by atoms with Crippen LogP contribution in [0.2, 0.25) is 0 Å². The summed E-state index contributed by atoms with van der Waals surface area (Å²) in [6.45, 7) is 23.4. The fourth-order valence-corrected chi connectivity index (χ4v) is 11.8. The van der Waals surface area contributed by atoms with Crippen molar-refractivity contribution in [1.82, 2.24) is 0 Å². The minimum absolute atomic E-state index is 0.0152. The minimum Gasteiger partial charge on any atom is -0.392 e. The number of rotatable bonds is 18. The molecule has 5 aliphatic heterocycles. The molecule has 4 fully saturated rings. The summed E-state index contributed by atoms with van der Waals surface area (Å²) in [6, 6.07) is 0. The van der Waals surface area contributed by atoms with Crippen molar-refractivity contribution in [3.63, 3.8) is 0 Å². The van der Waals surface area contributed by atoms with Crippen LogP contribution in [0.1, 0.15) is 153 Å². The molecule has 352 valence electrons. The van der Waals surface area contributed by atoms with Gasteiger partial charge in [0.1, 0.15) is 17.7 Å². The van der Waals surface area contributed by atoms with Gasteiger partial charge in [-0.3, -0.25) is 14.2 Å². The molecule has 4 saturated heterocycles. The van der Waals surface area contributed by atoms with Gasteiger partial charge in [-0.05, 0) is 109 Å². The Bertz CT molecular complexity index is 1560. The predicted octanol–water partition coefficient (Wildman–Crippen LogP) is 8.40. The Morgan fingerprint density at radius 2 is 1.57 bits per heavy atom. The van der Waals surface area contributed by atoms with Crippen LogP contribution in [0.25, 0.3) is 0 Å². The average Bonchev–Trinajstić information content (AvgIpc) is 3.54. The summed E-state index contributed by atoms with van der Waals surface area (Å²) in [5, 5.41) is 34.2. The lowest BCUT2D eigenvalue weighted by molar-refractivity contribution is -0.408. The molecule has 0 aromatic carbocycles. The van der Waals surface area contributed by atoms with E-state index in [1.54, 1.807) is 32.4 Å². The van der Waals surface area contributed by atoms with Gasteiger partial charge >= 0.3 is 0 Å². The number of aliphatic hydroxyl groups excluding tert-OH is 2. The Hall–Kier alpha value is -1.05. The van der Waals surface area contributed by atoms with Crippen molar-refractivity contribution in [1.29, 1.82) is 0 Å². The van der Waals surface area contributed by atoms with Gasteiger partial charge in [-0.1, -0.05) is 54.9 Å². The van der Waals surface area contributed by atoms with Gasteiger partial charge in [-0.2, -0.15) is 0 Å².